The summed E-state index contributed by atoms with van der Waals surface area (Å²) in [5, 5.41) is -2.87. The smallest absolute Gasteiger partial charge is 0.343 e. The van der Waals surface area contributed by atoms with Gasteiger partial charge < -0.3 is 47.4 Å². The first-order valence-electron chi connectivity index (χ1n) is 24.2. The maximum atomic E-state index is 12.1. The molecule has 0 amide bonds. The van der Waals surface area contributed by atoms with Crippen LogP contribution in [0.4, 0.5) is 0 Å². The maximum Gasteiger partial charge on any atom is 0.343 e. The number of Topliss-reactive ketones (excluding diaryl/α,β-unsaturated/α-hetero) is 8. The zero-order chi connectivity index (χ0) is 71.3. The van der Waals surface area contributed by atoms with Crippen molar-refractivity contribution in [2.75, 3.05) is 69.1 Å². The van der Waals surface area contributed by atoms with Crippen molar-refractivity contribution in [1.82, 2.24) is 0 Å². The van der Waals surface area contributed by atoms with Crippen LogP contribution in [0.1, 0.15) is 27.7 Å². The molecule has 0 atom stereocenters. The van der Waals surface area contributed by atoms with Gasteiger partial charge in [0.25, 0.3) is 0 Å². The summed E-state index contributed by atoms with van der Waals surface area (Å²) in [6, 6.07) is 0. The molecular weight excluding hydrogens is 1590 g/mol. The van der Waals surface area contributed by atoms with Gasteiger partial charge in [0.15, 0.2) is 11.6 Å². The van der Waals surface area contributed by atoms with Crippen molar-refractivity contribution < 1.29 is 143 Å². The monoisotopic (exact) mass is 1620 g/mol. The number of allylic oxidation sites excluding steroid dienone is 10. The Morgan fingerprint density at radius 1 is 0.283 bits per heavy atom. The van der Waals surface area contributed by atoms with Crippen LogP contribution in [0.5, 0.6) is 0 Å². The third-order valence-corrected chi connectivity index (χ3v) is 15.0. The molecule has 5 rings (SSSR count). The van der Waals surface area contributed by atoms with Crippen molar-refractivity contribution in [2.45, 2.75) is 27.7 Å². The Morgan fingerprint density at radius 3 is 0.630 bits per heavy atom. The van der Waals surface area contributed by atoms with E-state index in [2.05, 4.69) is 102 Å². The lowest BCUT2D eigenvalue weighted by Gasteiger charge is -2.16. The topological polar surface area (TPSA) is 434 Å². The van der Waals surface area contributed by atoms with Gasteiger partial charge in [-0.1, -0.05) is 46.4 Å². The molecule has 92 heavy (non-hydrogen) atoms. The second kappa shape index (κ2) is 37.4. The van der Waals surface area contributed by atoms with Gasteiger partial charge in [0.05, 0.1) is 87.0 Å². The molecule has 0 spiro atoms. The molecule has 492 valence electrons. The molecule has 0 aromatic heterocycles. The summed E-state index contributed by atoms with van der Waals surface area (Å²) in [6.45, 7) is 6.24. The Labute approximate surface area is 569 Å². The molecule has 5 aliphatic carbocycles. The Hall–Kier alpha value is -8.12. The summed E-state index contributed by atoms with van der Waals surface area (Å²) in [6.07, 6.45) is 1.53. The number of methoxy groups -OCH3 is 6. The zero-order valence-electron chi connectivity index (χ0n) is 48.3. The van der Waals surface area contributed by atoms with E-state index in [1.807, 2.05) is 0 Å². The summed E-state index contributed by atoms with van der Waals surface area (Å²) in [7, 11) is 6.32. The van der Waals surface area contributed by atoms with Gasteiger partial charge in [-0.3, -0.25) is 47.9 Å². The molecule has 38 heteroatoms. The first-order valence-corrected chi connectivity index (χ1v) is 28.9. The Kier molecular flexibility index (Phi) is 33.3. The van der Waals surface area contributed by atoms with E-state index in [0.717, 1.165) is 54.8 Å². The standard InChI is InChI=1S/C12H10Br2O6.C12H10Cl2O6.C10H6Br2O6.C10H6Cl2O6.C10H8O6/c2*1-3-19-11(17)5-7(13)10(16)6(8(14)9(5)15)12(18)20-4-2;2*1-17-9(15)3-5(11)8(14)4(10(16)18-2)6(12)7(3)13;1-15-9(13)5-3-8(12)6(4-7(5)11)10(14)16-2/h2*3-4H2,1-2H3;2*1-2H3;3-4H,1-2H3. The molecule has 5 aliphatic rings. The molecule has 0 saturated heterocycles. The van der Waals surface area contributed by atoms with Gasteiger partial charge in [0, 0.05) is 12.2 Å². The van der Waals surface area contributed by atoms with Crippen molar-refractivity contribution in [3.63, 3.8) is 0 Å². The first-order chi connectivity index (χ1) is 43.0. The molecule has 0 heterocycles. The number of halogens is 8. The predicted molar refractivity (Wildman–Crippen MR) is 320 cm³/mol. The second-order valence-electron chi connectivity index (χ2n) is 15.8. The minimum atomic E-state index is -1.11. The molecule has 0 unspecified atom stereocenters. The lowest BCUT2D eigenvalue weighted by Crippen LogP contribution is -2.29. The van der Waals surface area contributed by atoms with Crippen molar-refractivity contribution >= 4 is 228 Å². The molecule has 0 saturated carbocycles. The van der Waals surface area contributed by atoms with Crippen molar-refractivity contribution in [2.24, 2.45) is 0 Å². The number of hydrogen-bond donors (Lipinski definition) is 0. The van der Waals surface area contributed by atoms with Crippen LogP contribution in [-0.4, -0.2) is 187 Å². The van der Waals surface area contributed by atoms with Crippen LogP contribution in [0.3, 0.4) is 0 Å². The number of hydrogen-bond acceptors (Lipinski definition) is 30. The van der Waals surface area contributed by atoms with Crippen LogP contribution in [0, 0.1) is 0 Å². The first kappa shape index (κ1) is 81.9. The van der Waals surface area contributed by atoms with Crippen molar-refractivity contribution in [1.29, 1.82) is 0 Å². The third kappa shape index (κ3) is 19.0. The zero-order valence-corrected chi connectivity index (χ0v) is 57.6. The Morgan fingerprint density at radius 2 is 0.446 bits per heavy atom. The predicted octanol–water partition coefficient (Wildman–Crippen LogP) is 3.40. The summed E-state index contributed by atoms with van der Waals surface area (Å²) < 4.78 is 43.3. The van der Waals surface area contributed by atoms with Gasteiger partial charge in [-0.05, 0) is 91.4 Å². The normalized spacial score (nSPS) is 15.7. The van der Waals surface area contributed by atoms with Gasteiger partial charge in [0.1, 0.15) is 75.9 Å². The van der Waals surface area contributed by atoms with E-state index >= 15 is 0 Å². The van der Waals surface area contributed by atoms with E-state index in [9.17, 15) is 95.9 Å². The van der Waals surface area contributed by atoms with Crippen LogP contribution in [0.2, 0.25) is 0 Å². The second-order valence-corrected chi connectivity index (χ2v) is 20.5. The van der Waals surface area contributed by atoms with Gasteiger partial charge in [0.2, 0.25) is 46.3 Å². The fraction of sp³-hybridized carbons (Fsp3) is 0.259. The number of carbonyl (C=O) groups is 20. The molecule has 0 aromatic carbocycles. The summed E-state index contributed by atoms with van der Waals surface area (Å²) >= 11 is 33.8. The summed E-state index contributed by atoms with van der Waals surface area (Å²) in [5.74, 6) is -19.0. The number of carbonyl (C=O) groups excluding carboxylic acids is 20. The largest absolute Gasteiger partial charge is 0.465 e. The van der Waals surface area contributed by atoms with Crippen LogP contribution >= 0.6 is 110 Å². The minimum absolute atomic E-state index is 0.0138. The molecular formula is C54H40Br4Cl4O30. The molecule has 0 bridgehead atoms. The van der Waals surface area contributed by atoms with E-state index in [4.69, 9.17) is 55.9 Å². The highest BCUT2D eigenvalue weighted by atomic mass is 79.9. The van der Waals surface area contributed by atoms with Gasteiger partial charge in [-0.25, -0.2) is 47.9 Å². The van der Waals surface area contributed by atoms with Crippen LogP contribution in [0.15, 0.2) is 106 Å². The van der Waals surface area contributed by atoms with E-state index in [1.165, 1.54) is 13.8 Å². The fourth-order valence-corrected chi connectivity index (χ4v) is 9.55. The van der Waals surface area contributed by atoms with Gasteiger partial charge in [-0.2, -0.15) is 0 Å². The van der Waals surface area contributed by atoms with Crippen molar-refractivity contribution in [3.05, 3.63) is 106 Å². The summed E-state index contributed by atoms with van der Waals surface area (Å²) in [4.78, 5) is 232. The lowest BCUT2D eigenvalue weighted by atomic mass is 9.96. The highest BCUT2D eigenvalue weighted by Crippen LogP contribution is 2.36. The van der Waals surface area contributed by atoms with Crippen LogP contribution in [-0.2, 0) is 143 Å². The van der Waals surface area contributed by atoms with Gasteiger partial charge in [-0.15, -0.1) is 0 Å². The Bertz CT molecular complexity index is 3290. The van der Waals surface area contributed by atoms with E-state index in [-0.39, 0.29) is 44.4 Å². The van der Waals surface area contributed by atoms with E-state index in [1.54, 1.807) is 13.8 Å². The highest BCUT2D eigenvalue weighted by Gasteiger charge is 2.44. The highest BCUT2D eigenvalue weighted by molar-refractivity contribution is 9.13. The molecule has 0 aliphatic heterocycles. The molecule has 30 nitrogen and oxygen atoms in total. The molecule has 0 fully saturated rings. The third-order valence-electron chi connectivity index (χ3n) is 10.5. The van der Waals surface area contributed by atoms with Crippen LogP contribution in [0.25, 0.3) is 0 Å². The number of rotatable bonds is 14. The van der Waals surface area contributed by atoms with E-state index in [0.29, 0.717) is 0 Å². The molecule has 0 N–H and O–H groups in total. The van der Waals surface area contributed by atoms with Crippen LogP contribution < -0.4 is 0 Å². The SMILES string of the molecule is CCOC(=O)C1=C(Br)C(=O)C(C(=O)OCC)=C(Br)C1=O.CCOC(=O)C1=C(Cl)C(=O)C(C(=O)OCC)=C(Cl)C1=O.COC(=O)C1=C(Br)C(=O)C(C(=O)OC)=C(Br)C1=O.COC(=O)C1=C(Cl)C(=O)C(C(=O)OC)=C(Cl)C1=O.COC(=O)C1=CC(=O)C(C(=O)OC)=CC1=O. The molecule has 0 aromatic rings. The number of esters is 10. The minimum Gasteiger partial charge on any atom is -0.465 e. The summed E-state index contributed by atoms with van der Waals surface area (Å²) in [5.41, 5.74) is -5.42. The molecule has 0 radical (unpaired) electrons. The quantitative estimate of drug-likeness (QED) is 0.104. The number of ether oxygens (including phenoxy) is 10. The van der Waals surface area contributed by atoms with Gasteiger partial charge >= 0.3 is 59.7 Å². The Balaban J connectivity index is 0.000000576. The van der Waals surface area contributed by atoms with Crippen molar-refractivity contribution in [3.8, 4) is 0 Å². The number of ketones is 10. The average molecular weight is 1630 g/mol. The lowest BCUT2D eigenvalue weighted by molar-refractivity contribution is -0.142. The fourth-order valence-electron chi connectivity index (χ4n) is 6.36. The maximum absolute atomic E-state index is 12.1. The average Bonchev–Trinajstić information content (AvgIpc) is 1.01. The van der Waals surface area contributed by atoms with E-state index < -0.39 is 193 Å².